The largest absolute Gasteiger partial charge is 0.416 e. The van der Waals surface area contributed by atoms with Crippen LogP contribution in [0.2, 0.25) is 4.34 Å². The van der Waals surface area contributed by atoms with Gasteiger partial charge in [0, 0.05) is 11.1 Å². The molecular weight excluding hydrogens is 430 g/mol. The Hall–Kier alpha value is -2.71. The molecule has 1 aliphatic rings. The van der Waals surface area contributed by atoms with Gasteiger partial charge >= 0.3 is 6.18 Å². The molecule has 0 fully saturated rings. The van der Waals surface area contributed by atoms with E-state index in [1.54, 1.807) is 30.3 Å². The van der Waals surface area contributed by atoms with Crippen LogP contribution in [0.5, 0.6) is 0 Å². The zero-order valence-electron chi connectivity index (χ0n) is 14.3. The van der Waals surface area contributed by atoms with Crippen LogP contribution < -0.4 is 5.32 Å². The Labute approximate surface area is 170 Å². The van der Waals surface area contributed by atoms with Crippen molar-refractivity contribution < 1.29 is 27.2 Å². The summed E-state index contributed by atoms with van der Waals surface area (Å²) < 4.78 is 55.2. The number of amides is 1. The second-order valence-corrected chi connectivity index (χ2v) is 7.96. The zero-order valence-corrected chi connectivity index (χ0v) is 15.9. The van der Waals surface area contributed by atoms with Crippen molar-refractivity contribution in [2.45, 2.75) is 11.8 Å². The number of rotatable bonds is 2. The maximum Gasteiger partial charge on any atom is 0.416 e. The highest BCUT2D eigenvalue weighted by Gasteiger charge is 2.54. The molecule has 2 aromatic carbocycles. The van der Waals surface area contributed by atoms with Gasteiger partial charge in [-0.05, 0) is 17.7 Å². The van der Waals surface area contributed by atoms with Crippen LogP contribution in [0.4, 0.5) is 22.6 Å². The lowest BCUT2D eigenvalue weighted by molar-refractivity contribution is -0.138. The minimum atomic E-state index is -4.76. The van der Waals surface area contributed by atoms with Crippen LogP contribution in [0.15, 0.2) is 54.6 Å². The zero-order chi connectivity index (χ0) is 21.0. The number of alkyl halides is 4. The Morgan fingerprint density at radius 1 is 0.966 bits per heavy atom. The molecule has 4 rings (SSSR count). The van der Waals surface area contributed by atoms with Crippen molar-refractivity contribution in [2.75, 3.05) is 5.32 Å². The Kier molecular flexibility index (Phi) is 4.51. The molecule has 0 aliphatic carbocycles. The molecule has 1 atom stereocenters. The van der Waals surface area contributed by atoms with E-state index < -0.39 is 34.7 Å². The van der Waals surface area contributed by atoms with Gasteiger partial charge in [0.25, 0.3) is 11.6 Å². The highest BCUT2D eigenvalue weighted by molar-refractivity contribution is 7.21. The summed E-state index contributed by atoms with van der Waals surface area (Å²) in [6.45, 7) is 0. The van der Waals surface area contributed by atoms with Crippen molar-refractivity contribution in [3.8, 4) is 11.1 Å². The minimum Gasteiger partial charge on any atom is -0.313 e. The molecule has 1 aromatic heterocycles. The average molecular weight is 440 g/mol. The SMILES string of the molecule is O=C1Nc2sc(Cl)c(-c3ccccc3)c2C(=O)C1(F)c1cccc(C(F)(F)F)c1. The van der Waals surface area contributed by atoms with Gasteiger partial charge in [-0.25, -0.2) is 4.39 Å². The van der Waals surface area contributed by atoms with Crippen LogP contribution in [0.3, 0.4) is 0 Å². The normalized spacial score (nSPS) is 19.1. The lowest BCUT2D eigenvalue weighted by atomic mass is 9.82. The number of hydrogen-bond donors (Lipinski definition) is 1. The molecule has 2 heterocycles. The highest BCUT2D eigenvalue weighted by Crippen LogP contribution is 2.50. The molecule has 1 unspecified atom stereocenters. The number of benzene rings is 2. The number of carbonyl (C=O) groups excluding carboxylic acids is 2. The number of nitrogens with one attached hydrogen (secondary N) is 1. The summed E-state index contributed by atoms with van der Waals surface area (Å²) >= 11 is 7.14. The maximum absolute atomic E-state index is 15.9. The number of fused-ring (bicyclic) bond motifs is 1. The predicted molar refractivity (Wildman–Crippen MR) is 102 cm³/mol. The van der Waals surface area contributed by atoms with E-state index in [4.69, 9.17) is 11.6 Å². The van der Waals surface area contributed by atoms with E-state index in [1.165, 1.54) is 0 Å². The van der Waals surface area contributed by atoms with Crippen molar-refractivity contribution in [3.05, 3.63) is 75.6 Å². The summed E-state index contributed by atoms with van der Waals surface area (Å²) in [5.74, 6) is -2.61. The Balaban J connectivity index is 1.91. The van der Waals surface area contributed by atoms with Crippen LogP contribution >= 0.6 is 22.9 Å². The summed E-state index contributed by atoms with van der Waals surface area (Å²) in [4.78, 5) is 25.6. The third kappa shape index (κ3) is 3.03. The van der Waals surface area contributed by atoms with Crippen molar-refractivity contribution in [1.29, 1.82) is 0 Å². The smallest absolute Gasteiger partial charge is 0.313 e. The molecule has 0 bridgehead atoms. The molecule has 1 amide bonds. The standard InChI is InChI=1S/C20H10ClF4NO2S/c21-16-13(10-5-2-1-3-6-10)14-15(27)19(22,18(28)26-17(14)29-16)11-7-4-8-12(9-11)20(23,24)25/h1-9H,(H,26,28). The number of Topliss-reactive ketones (excluding diaryl/α,β-unsaturated/α-hetero) is 1. The third-order valence-electron chi connectivity index (χ3n) is 4.60. The first-order chi connectivity index (χ1) is 13.6. The number of carbonyl (C=O) groups is 2. The van der Waals surface area contributed by atoms with E-state index in [-0.39, 0.29) is 20.5 Å². The van der Waals surface area contributed by atoms with E-state index in [9.17, 15) is 22.8 Å². The number of thiophene rings is 1. The first-order valence-corrected chi connectivity index (χ1v) is 9.44. The Bertz CT molecular complexity index is 1140. The van der Waals surface area contributed by atoms with Crippen LogP contribution in [0, 0.1) is 0 Å². The maximum atomic E-state index is 15.9. The molecule has 9 heteroatoms. The summed E-state index contributed by atoms with van der Waals surface area (Å²) in [7, 11) is 0. The second-order valence-electron chi connectivity index (χ2n) is 6.34. The van der Waals surface area contributed by atoms with Crippen LogP contribution in [-0.4, -0.2) is 11.7 Å². The number of halogens is 5. The first kappa shape index (κ1) is 19.6. The van der Waals surface area contributed by atoms with Gasteiger partial charge in [-0.2, -0.15) is 13.2 Å². The van der Waals surface area contributed by atoms with Gasteiger partial charge in [0.05, 0.1) is 11.1 Å². The van der Waals surface area contributed by atoms with Crippen LogP contribution in [0.25, 0.3) is 11.1 Å². The van der Waals surface area contributed by atoms with Crippen molar-refractivity contribution >= 4 is 39.6 Å². The fraction of sp³-hybridized carbons (Fsp3) is 0.100. The predicted octanol–water partition coefficient (Wildman–Crippen LogP) is 6.09. The molecule has 3 nitrogen and oxygen atoms in total. The monoisotopic (exact) mass is 439 g/mol. The molecule has 0 saturated carbocycles. The summed E-state index contributed by atoms with van der Waals surface area (Å²) in [5.41, 5.74) is -4.59. The van der Waals surface area contributed by atoms with E-state index in [0.29, 0.717) is 11.6 Å². The second kappa shape index (κ2) is 6.67. The van der Waals surface area contributed by atoms with E-state index in [2.05, 4.69) is 5.32 Å². The van der Waals surface area contributed by atoms with E-state index >= 15 is 4.39 Å². The topological polar surface area (TPSA) is 46.2 Å². The third-order valence-corrected chi connectivity index (χ3v) is 5.91. The molecule has 29 heavy (non-hydrogen) atoms. The van der Waals surface area contributed by atoms with Crippen LogP contribution in [-0.2, 0) is 16.6 Å². The van der Waals surface area contributed by atoms with Crippen molar-refractivity contribution in [2.24, 2.45) is 0 Å². The fourth-order valence-corrected chi connectivity index (χ4v) is 4.58. The molecular formula is C20H10ClF4NO2S. The van der Waals surface area contributed by atoms with E-state index in [1.807, 2.05) is 0 Å². The number of anilines is 1. The minimum absolute atomic E-state index is 0.0594. The van der Waals surface area contributed by atoms with Crippen LogP contribution in [0.1, 0.15) is 21.5 Å². The summed E-state index contributed by atoms with van der Waals surface area (Å²) in [6.07, 6.45) is -4.76. The van der Waals surface area contributed by atoms with Crippen molar-refractivity contribution in [1.82, 2.24) is 0 Å². The summed E-state index contributed by atoms with van der Waals surface area (Å²) in [5, 5.41) is 2.35. The van der Waals surface area contributed by atoms with Gasteiger partial charge in [0.1, 0.15) is 9.34 Å². The molecule has 1 N–H and O–H groups in total. The van der Waals surface area contributed by atoms with E-state index in [0.717, 1.165) is 29.5 Å². The number of hydrogen-bond acceptors (Lipinski definition) is 3. The Morgan fingerprint density at radius 3 is 2.31 bits per heavy atom. The summed E-state index contributed by atoms with van der Waals surface area (Å²) in [6, 6.07) is 11.6. The van der Waals surface area contributed by atoms with Gasteiger partial charge < -0.3 is 5.32 Å². The molecule has 0 spiro atoms. The number of ketones is 1. The lowest BCUT2D eigenvalue weighted by Crippen LogP contribution is -2.47. The van der Waals surface area contributed by atoms with Gasteiger partial charge in [0.2, 0.25) is 5.78 Å². The average Bonchev–Trinajstić information content (AvgIpc) is 3.02. The van der Waals surface area contributed by atoms with Gasteiger partial charge in [-0.15, -0.1) is 11.3 Å². The van der Waals surface area contributed by atoms with Crippen molar-refractivity contribution in [3.63, 3.8) is 0 Å². The quantitative estimate of drug-likeness (QED) is 0.388. The molecule has 1 aliphatic heterocycles. The van der Waals surface area contributed by atoms with Gasteiger partial charge in [-0.1, -0.05) is 54.1 Å². The van der Waals surface area contributed by atoms with Gasteiger partial charge in [-0.3, -0.25) is 9.59 Å². The lowest BCUT2D eigenvalue weighted by Gasteiger charge is -2.28. The fourth-order valence-electron chi connectivity index (χ4n) is 3.21. The molecule has 3 aromatic rings. The molecule has 0 radical (unpaired) electrons. The highest BCUT2D eigenvalue weighted by atomic mass is 35.5. The molecule has 148 valence electrons. The first-order valence-electron chi connectivity index (χ1n) is 8.24. The van der Waals surface area contributed by atoms with Gasteiger partial charge in [0.15, 0.2) is 0 Å². The molecule has 0 saturated heterocycles. The Morgan fingerprint density at radius 2 is 1.66 bits per heavy atom.